The van der Waals surface area contributed by atoms with Crippen LogP contribution in [0.5, 0.6) is 0 Å². The third-order valence-electron chi connectivity index (χ3n) is 8.52. The number of nitriles is 1. The first-order valence-corrected chi connectivity index (χ1v) is 19.7. The highest BCUT2D eigenvalue weighted by atomic mass is 31.2. The molecule has 1 saturated carbocycles. The van der Waals surface area contributed by atoms with Crippen molar-refractivity contribution in [2.24, 2.45) is 5.92 Å². The maximum Gasteiger partial charge on any atom is 0.334 e. The van der Waals surface area contributed by atoms with Crippen molar-refractivity contribution in [3.05, 3.63) is 48.5 Å². The Hall–Kier alpha value is -2.89. The second kappa shape index (κ2) is 17.1. The van der Waals surface area contributed by atoms with Crippen molar-refractivity contribution in [1.82, 2.24) is 24.2 Å². The number of fused-ring (bicyclic) bond motifs is 1. The van der Waals surface area contributed by atoms with Gasteiger partial charge in [-0.1, -0.05) is 18.2 Å². The molecule has 3 aromatic rings. The zero-order chi connectivity index (χ0) is 36.0. The van der Waals surface area contributed by atoms with Crippen molar-refractivity contribution >= 4 is 39.0 Å². The van der Waals surface area contributed by atoms with E-state index < -0.39 is 46.3 Å². The Morgan fingerprint density at radius 3 is 2.44 bits per heavy atom. The molecule has 2 aliphatic rings. The van der Waals surface area contributed by atoms with E-state index in [4.69, 9.17) is 27.6 Å². The highest BCUT2D eigenvalue weighted by Gasteiger charge is 2.63. The Labute approximate surface area is 294 Å². The Morgan fingerprint density at radius 2 is 1.82 bits per heavy atom. The molecule has 2 aromatic heterocycles. The molecular formula is C33H47N7O8P2. The van der Waals surface area contributed by atoms with Gasteiger partial charge in [0.05, 0.1) is 50.4 Å². The van der Waals surface area contributed by atoms with Crippen LogP contribution in [-0.4, -0.2) is 93.1 Å². The number of hydrogen-bond donors (Lipinski definition) is 1. The topological polar surface area (TPSA) is 172 Å². The van der Waals surface area contributed by atoms with Crippen molar-refractivity contribution in [2.75, 3.05) is 32.2 Å². The van der Waals surface area contributed by atoms with Gasteiger partial charge in [-0.2, -0.15) is 5.26 Å². The van der Waals surface area contributed by atoms with Crippen LogP contribution in [0, 0.1) is 17.2 Å². The normalized spacial score (nSPS) is 24.3. The summed E-state index contributed by atoms with van der Waals surface area (Å²) in [7, 11) is -3.56. The molecule has 2 fully saturated rings. The van der Waals surface area contributed by atoms with Crippen LogP contribution in [0.25, 0.3) is 11.2 Å². The lowest BCUT2D eigenvalue weighted by molar-refractivity contribution is -0.0526. The fourth-order valence-corrected chi connectivity index (χ4v) is 10.5. The molecule has 3 unspecified atom stereocenters. The first-order chi connectivity index (χ1) is 24.1. The van der Waals surface area contributed by atoms with Crippen LogP contribution < -0.4 is 5.32 Å². The highest BCUT2D eigenvalue weighted by molar-refractivity contribution is 7.55. The second-order valence-corrected chi connectivity index (χ2v) is 16.2. The molecule has 1 aliphatic heterocycles. The molecule has 1 N–H and O–H groups in total. The average Bonchev–Trinajstić information content (AvgIpc) is 3.66. The molecule has 272 valence electrons. The van der Waals surface area contributed by atoms with E-state index >= 15 is 0 Å². The number of benzene rings is 1. The van der Waals surface area contributed by atoms with Gasteiger partial charge in [-0.05, 0) is 60.1 Å². The zero-order valence-electron chi connectivity index (χ0n) is 29.5. The van der Waals surface area contributed by atoms with E-state index in [0.29, 0.717) is 23.1 Å². The van der Waals surface area contributed by atoms with E-state index in [0.717, 1.165) is 0 Å². The Morgan fingerprint density at radius 1 is 1.12 bits per heavy atom. The number of amides is 1. The van der Waals surface area contributed by atoms with Gasteiger partial charge in [0.2, 0.25) is 0 Å². The first-order valence-electron chi connectivity index (χ1n) is 16.9. The number of carbonyl (C=O) groups is 1. The standard InChI is InChI=1S/C33H47N7O8P2/c1-8-45-50(42,46-9-2)25-18-24(25)27-28(48-49(44-17-13-16-34)40(21(3)4)22(5)6)29(43-7)33(47-27)39-20-37-26-30(35-19-36-31(26)39)38-32(41)23-14-11-10-12-15-23/h10-12,14-15,19-22,24-25,27-29,33H,8-9,13,17-18H2,1-7H3,(H,35,36,38,41)/t24?,25?,27-,28+,29+,33-,49?/m1/s1. The predicted octanol–water partition coefficient (Wildman–Crippen LogP) is 6.31. The van der Waals surface area contributed by atoms with Crippen LogP contribution in [-0.2, 0) is 32.1 Å². The van der Waals surface area contributed by atoms with Crippen molar-refractivity contribution in [2.45, 2.75) is 96.7 Å². The predicted molar refractivity (Wildman–Crippen MR) is 187 cm³/mol. The molecule has 1 aromatic carbocycles. The molecule has 3 heterocycles. The van der Waals surface area contributed by atoms with Crippen LogP contribution in [0.4, 0.5) is 5.82 Å². The van der Waals surface area contributed by atoms with Gasteiger partial charge in [-0.15, -0.1) is 0 Å². The number of aromatic nitrogens is 4. The third-order valence-corrected chi connectivity index (χ3v) is 13.3. The summed E-state index contributed by atoms with van der Waals surface area (Å²) < 4.78 is 55.4. The summed E-state index contributed by atoms with van der Waals surface area (Å²) in [6.07, 6.45) is 0.894. The van der Waals surface area contributed by atoms with E-state index in [1.165, 1.54) is 6.33 Å². The molecule has 1 aliphatic carbocycles. The average molecular weight is 732 g/mol. The summed E-state index contributed by atoms with van der Waals surface area (Å²) in [4.78, 5) is 26.4. The minimum Gasteiger partial charge on any atom is -0.374 e. The summed E-state index contributed by atoms with van der Waals surface area (Å²) >= 11 is 0. The van der Waals surface area contributed by atoms with Crippen molar-refractivity contribution in [1.29, 1.82) is 5.26 Å². The number of hydrogen-bond acceptors (Lipinski definition) is 13. The van der Waals surface area contributed by atoms with Gasteiger partial charge in [0.25, 0.3) is 14.4 Å². The second-order valence-electron chi connectivity index (χ2n) is 12.5. The molecule has 17 heteroatoms. The number of nitrogens with one attached hydrogen (secondary N) is 1. The molecular weight excluding hydrogens is 684 g/mol. The smallest absolute Gasteiger partial charge is 0.334 e. The molecule has 0 spiro atoms. The van der Waals surface area contributed by atoms with E-state index in [2.05, 4.69) is 58.7 Å². The zero-order valence-corrected chi connectivity index (χ0v) is 31.3. The summed E-state index contributed by atoms with van der Waals surface area (Å²) in [5.74, 6) is -0.327. The molecule has 50 heavy (non-hydrogen) atoms. The fraction of sp³-hybridized carbons (Fsp3) is 0.606. The van der Waals surface area contributed by atoms with Crippen LogP contribution in [0.2, 0.25) is 0 Å². The van der Waals surface area contributed by atoms with E-state index in [9.17, 15) is 14.6 Å². The number of ether oxygens (including phenoxy) is 2. The maximum atomic E-state index is 13.9. The van der Waals surface area contributed by atoms with Crippen molar-refractivity contribution < 1.29 is 36.9 Å². The van der Waals surface area contributed by atoms with E-state index in [-0.39, 0.29) is 56.0 Å². The van der Waals surface area contributed by atoms with Crippen LogP contribution in [0.3, 0.4) is 0 Å². The summed E-state index contributed by atoms with van der Waals surface area (Å²) in [5.41, 5.74) is 0.856. The van der Waals surface area contributed by atoms with Gasteiger partial charge < -0.3 is 32.9 Å². The van der Waals surface area contributed by atoms with Crippen molar-refractivity contribution in [3.63, 3.8) is 0 Å². The lowest BCUT2D eigenvalue weighted by Crippen LogP contribution is -2.40. The van der Waals surface area contributed by atoms with E-state index in [1.54, 1.807) is 56.1 Å². The van der Waals surface area contributed by atoms with Gasteiger partial charge in [-0.3, -0.25) is 13.9 Å². The molecule has 7 atom stereocenters. The monoisotopic (exact) mass is 731 g/mol. The third kappa shape index (κ3) is 8.26. The number of imidazole rings is 1. The molecule has 0 bridgehead atoms. The van der Waals surface area contributed by atoms with Gasteiger partial charge in [0.15, 0.2) is 23.2 Å². The van der Waals surface area contributed by atoms with E-state index in [1.807, 2.05) is 6.07 Å². The number of methoxy groups -OCH3 is 1. The fourth-order valence-electron chi connectivity index (χ4n) is 6.41. The van der Waals surface area contributed by atoms with Crippen LogP contribution in [0.15, 0.2) is 43.0 Å². The minimum absolute atomic E-state index is 0.0596. The van der Waals surface area contributed by atoms with Gasteiger partial charge >= 0.3 is 7.60 Å². The van der Waals surface area contributed by atoms with Crippen LogP contribution in [0.1, 0.15) is 71.0 Å². The Balaban J connectivity index is 1.51. The largest absolute Gasteiger partial charge is 0.374 e. The number of carbonyl (C=O) groups excluding carboxylic acids is 1. The summed E-state index contributed by atoms with van der Waals surface area (Å²) in [6.45, 7) is 12.5. The SMILES string of the molecule is CCOP(=O)(OCC)C1CC1[C@H]1O[C@@H](n2cnc3c(NC(=O)c4ccccc4)ncnc32)[C@@H](OC)[C@H]1OP(OCCC#N)N(C(C)C)C(C)C. The molecule has 0 radical (unpaired) electrons. The van der Waals surface area contributed by atoms with Gasteiger partial charge in [-0.25, -0.2) is 19.6 Å². The lowest BCUT2D eigenvalue weighted by atomic mass is 10.1. The lowest BCUT2D eigenvalue weighted by Gasteiger charge is -2.38. The number of nitrogens with zero attached hydrogens (tertiary/aromatic N) is 6. The molecule has 5 rings (SSSR count). The van der Waals surface area contributed by atoms with Gasteiger partial charge in [0.1, 0.15) is 18.5 Å². The number of anilines is 1. The molecule has 1 saturated heterocycles. The quantitative estimate of drug-likeness (QED) is 0.114. The molecule has 15 nitrogen and oxygen atoms in total. The first kappa shape index (κ1) is 38.3. The number of rotatable bonds is 18. The summed E-state index contributed by atoms with van der Waals surface area (Å²) in [5, 5.41) is 12.1. The van der Waals surface area contributed by atoms with Gasteiger partial charge in [0, 0.05) is 30.7 Å². The molecule has 1 amide bonds. The van der Waals surface area contributed by atoms with Crippen molar-refractivity contribution in [3.8, 4) is 6.07 Å². The maximum absolute atomic E-state index is 13.9. The highest BCUT2D eigenvalue weighted by Crippen LogP contribution is 2.68. The Kier molecular flexibility index (Phi) is 13.1. The summed E-state index contributed by atoms with van der Waals surface area (Å²) in [6, 6.07) is 11.1. The Bertz CT molecular complexity index is 1650. The van der Waals surface area contributed by atoms with Crippen LogP contribution >= 0.6 is 16.1 Å². The minimum atomic E-state index is -3.44.